The Labute approximate surface area is 121 Å². The van der Waals surface area contributed by atoms with E-state index in [2.05, 4.69) is 26.8 Å². The zero-order chi connectivity index (χ0) is 13.9. The molecular formula is C15H15N3OS. The van der Waals surface area contributed by atoms with E-state index in [0.29, 0.717) is 12.1 Å². The van der Waals surface area contributed by atoms with Gasteiger partial charge in [-0.1, -0.05) is 18.2 Å². The summed E-state index contributed by atoms with van der Waals surface area (Å²) in [5.41, 5.74) is 3.82. The Balaban J connectivity index is 1.63. The van der Waals surface area contributed by atoms with E-state index >= 15 is 0 Å². The predicted octanol–water partition coefficient (Wildman–Crippen LogP) is 2.91. The van der Waals surface area contributed by atoms with Gasteiger partial charge in [-0.15, -0.1) is 0 Å². The Morgan fingerprint density at radius 2 is 2.25 bits per heavy atom. The minimum atomic E-state index is -0.0453. The minimum absolute atomic E-state index is 0.0453. The number of carbonyl (C=O) groups excluding carboxylic acids is 1. The van der Waals surface area contributed by atoms with Crippen molar-refractivity contribution in [2.24, 2.45) is 0 Å². The van der Waals surface area contributed by atoms with Crippen LogP contribution in [-0.2, 0) is 6.42 Å². The smallest absolute Gasteiger partial charge is 0.254 e. The van der Waals surface area contributed by atoms with Crippen LogP contribution in [0.3, 0.4) is 0 Å². The Bertz CT molecular complexity index is 744. The van der Waals surface area contributed by atoms with Crippen molar-refractivity contribution in [3.05, 3.63) is 52.7 Å². The van der Waals surface area contributed by atoms with Crippen LogP contribution in [0.1, 0.15) is 21.6 Å². The maximum absolute atomic E-state index is 12.0. The first-order chi connectivity index (χ1) is 9.75. The first kappa shape index (κ1) is 12.9. The zero-order valence-electron chi connectivity index (χ0n) is 11.1. The normalized spacial score (nSPS) is 10.8. The van der Waals surface area contributed by atoms with E-state index in [1.54, 1.807) is 5.38 Å². The highest BCUT2D eigenvalue weighted by Gasteiger charge is 2.10. The number of amides is 1. The van der Waals surface area contributed by atoms with E-state index < -0.39 is 0 Å². The van der Waals surface area contributed by atoms with E-state index in [9.17, 15) is 4.79 Å². The second-order valence-corrected chi connectivity index (χ2v) is 5.31. The van der Waals surface area contributed by atoms with E-state index in [0.717, 1.165) is 17.6 Å². The second kappa shape index (κ2) is 5.46. The molecule has 0 aliphatic carbocycles. The number of aromatic amines is 1. The van der Waals surface area contributed by atoms with Gasteiger partial charge >= 0.3 is 0 Å². The van der Waals surface area contributed by atoms with Crippen LogP contribution >= 0.6 is 11.5 Å². The molecular weight excluding hydrogens is 270 g/mol. The van der Waals surface area contributed by atoms with Gasteiger partial charge in [0.05, 0.1) is 11.3 Å². The van der Waals surface area contributed by atoms with Crippen LogP contribution in [0, 0.1) is 6.92 Å². The fraction of sp³-hybridized carbons (Fsp3) is 0.200. The number of rotatable bonds is 4. The standard InChI is InChI=1S/C15H15N3OS/c1-10-13(9-20-18-10)15(19)16-7-6-11-8-17-14-5-3-2-4-12(11)14/h2-5,8-9,17H,6-7H2,1H3,(H,16,19). The average molecular weight is 285 g/mol. The van der Waals surface area contributed by atoms with Crippen LogP contribution in [0.25, 0.3) is 10.9 Å². The molecule has 3 rings (SSSR count). The molecule has 2 heterocycles. The van der Waals surface area contributed by atoms with Crippen LogP contribution in [0.5, 0.6) is 0 Å². The van der Waals surface area contributed by atoms with Crippen LogP contribution in [0.4, 0.5) is 0 Å². The highest BCUT2D eigenvalue weighted by Crippen LogP contribution is 2.17. The molecule has 0 aliphatic heterocycles. The van der Waals surface area contributed by atoms with Gasteiger partial charge in [0.15, 0.2) is 0 Å². The number of para-hydroxylation sites is 1. The molecule has 0 atom stereocenters. The van der Waals surface area contributed by atoms with Gasteiger partial charge in [-0.2, -0.15) is 4.37 Å². The first-order valence-electron chi connectivity index (χ1n) is 6.50. The quantitative estimate of drug-likeness (QED) is 0.774. The van der Waals surface area contributed by atoms with Crippen molar-refractivity contribution in [3.63, 3.8) is 0 Å². The predicted molar refractivity (Wildman–Crippen MR) is 81.2 cm³/mol. The lowest BCUT2D eigenvalue weighted by atomic mass is 10.1. The third-order valence-electron chi connectivity index (χ3n) is 3.35. The lowest BCUT2D eigenvalue weighted by Crippen LogP contribution is -2.25. The van der Waals surface area contributed by atoms with E-state index in [1.807, 2.05) is 25.3 Å². The highest BCUT2D eigenvalue weighted by atomic mass is 32.1. The lowest BCUT2D eigenvalue weighted by Gasteiger charge is -2.03. The summed E-state index contributed by atoms with van der Waals surface area (Å²) in [6.45, 7) is 2.47. The average Bonchev–Trinajstić information content (AvgIpc) is 3.05. The molecule has 102 valence electrons. The molecule has 0 unspecified atom stereocenters. The van der Waals surface area contributed by atoms with Gasteiger partial charge in [-0.25, -0.2) is 0 Å². The van der Waals surface area contributed by atoms with Gasteiger partial charge in [0.1, 0.15) is 0 Å². The van der Waals surface area contributed by atoms with Crippen LogP contribution in [0.15, 0.2) is 35.8 Å². The molecule has 20 heavy (non-hydrogen) atoms. The molecule has 0 aliphatic rings. The first-order valence-corrected chi connectivity index (χ1v) is 7.33. The van der Waals surface area contributed by atoms with Crippen molar-refractivity contribution < 1.29 is 4.79 Å². The molecule has 0 bridgehead atoms. The SMILES string of the molecule is Cc1nscc1C(=O)NCCc1c[nH]c2ccccc12. The van der Waals surface area contributed by atoms with Crippen molar-refractivity contribution in [1.29, 1.82) is 0 Å². The van der Waals surface area contributed by atoms with Crippen LogP contribution in [0.2, 0.25) is 0 Å². The molecule has 0 radical (unpaired) electrons. The number of aromatic nitrogens is 2. The monoisotopic (exact) mass is 285 g/mol. The number of benzene rings is 1. The van der Waals surface area contributed by atoms with E-state index in [4.69, 9.17) is 0 Å². The number of hydrogen-bond acceptors (Lipinski definition) is 3. The number of aryl methyl sites for hydroxylation is 1. The summed E-state index contributed by atoms with van der Waals surface area (Å²) in [4.78, 5) is 15.2. The third-order valence-corrected chi connectivity index (χ3v) is 4.07. The Kier molecular flexibility index (Phi) is 3.52. The van der Waals surface area contributed by atoms with Gasteiger partial charge in [-0.05, 0) is 36.5 Å². The topological polar surface area (TPSA) is 57.8 Å². The maximum Gasteiger partial charge on any atom is 0.254 e. The summed E-state index contributed by atoms with van der Waals surface area (Å²) in [5.74, 6) is -0.0453. The summed E-state index contributed by atoms with van der Waals surface area (Å²) >= 11 is 1.31. The largest absolute Gasteiger partial charge is 0.361 e. The molecule has 0 saturated heterocycles. The van der Waals surface area contributed by atoms with Gasteiger partial charge in [-0.3, -0.25) is 4.79 Å². The van der Waals surface area contributed by atoms with Crippen molar-refractivity contribution in [2.45, 2.75) is 13.3 Å². The van der Waals surface area contributed by atoms with E-state index in [1.165, 1.54) is 22.5 Å². The molecule has 3 aromatic rings. The summed E-state index contributed by atoms with van der Waals surface area (Å²) in [6.07, 6.45) is 2.82. The lowest BCUT2D eigenvalue weighted by molar-refractivity contribution is 0.0954. The number of fused-ring (bicyclic) bond motifs is 1. The highest BCUT2D eigenvalue weighted by molar-refractivity contribution is 7.03. The number of carbonyl (C=O) groups is 1. The fourth-order valence-corrected chi connectivity index (χ4v) is 2.95. The van der Waals surface area contributed by atoms with Crippen LogP contribution in [-0.4, -0.2) is 21.8 Å². The number of H-pyrrole nitrogens is 1. The molecule has 0 saturated carbocycles. The summed E-state index contributed by atoms with van der Waals surface area (Å²) in [5, 5.41) is 5.95. The zero-order valence-corrected chi connectivity index (χ0v) is 12.0. The Hall–Kier alpha value is -2.14. The minimum Gasteiger partial charge on any atom is -0.361 e. The Morgan fingerprint density at radius 3 is 3.05 bits per heavy atom. The number of nitrogens with zero attached hydrogens (tertiary/aromatic N) is 1. The van der Waals surface area contributed by atoms with Gasteiger partial charge < -0.3 is 10.3 Å². The van der Waals surface area contributed by atoms with Crippen molar-refractivity contribution in [3.8, 4) is 0 Å². The summed E-state index contributed by atoms with van der Waals surface area (Å²) < 4.78 is 4.11. The molecule has 2 aromatic heterocycles. The second-order valence-electron chi connectivity index (χ2n) is 4.68. The Morgan fingerprint density at radius 1 is 1.40 bits per heavy atom. The van der Waals surface area contributed by atoms with Gasteiger partial charge in [0, 0.05) is 29.0 Å². The van der Waals surface area contributed by atoms with E-state index in [-0.39, 0.29) is 5.91 Å². The summed E-state index contributed by atoms with van der Waals surface area (Å²) in [7, 11) is 0. The number of hydrogen-bond donors (Lipinski definition) is 2. The van der Waals surface area contributed by atoms with Gasteiger partial charge in [0.2, 0.25) is 0 Å². The molecule has 2 N–H and O–H groups in total. The van der Waals surface area contributed by atoms with Crippen LogP contribution < -0.4 is 5.32 Å². The molecule has 4 nitrogen and oxygen atoms in total. The molecule has 5 heteroatoms. The molecule has 0 fully saturated rings. The fourth-order valence-electron chi connectivity index (χ4n) is 2.25. The van der Waals surface area contributed by atoms with Crippen molar-refractivity contribution in [1.82, 2.24) is 14.7 Å². The summed E-state index contributed by atoms with van der Waals surface area (Å²) in [6, 6.07) is 8.18. The van der Waals surface area contributed by atoms with Gasteiger partial charge in [0.25, 0.3) is 5.91 Å². The third kappa shape index (κ3) is 2.44. The molecule has 1 amide bonds. The van der Waals surface area contributed by atoms with Crippen molar-refractivity contribution >= 4 is 28.3 Å². The van der Waals surface area contributed by atoms with Crippen molar-refractivity contribution in [2.75, 3.05) is 6.54 Å². The number of nitrogens with one attached hydrogen (secondary N) is 2. The molecule has 1 aromatic carbocycles. The molecule has 0 spiro atoms. The maximum atomic E-state index is 12.0.